The van der Waals surface area contributed by atoms with Crippen LogP contribution in [0.3, 0.4) is 0 Å². The first-order chi connectivity index (χ1) is 21.4. The van der Waals surface area contributed by atoms with Crippen molar-refractivity contribution >= 4 is 58.5 Å². The summed E-state index contributed by atoms with van der Waals surface area (Å²) in [6, 6.07) is 25.8. The van der Waals surface area contributed by atoms with Gasteiger partial charge in [-0.05, 0) is 73.5 Å². The van der Waals surface area contributed by atoms with Crippen LogP contribution in [-0.2, 0) is 15.8 Å². The molecule has 0 heterocycles. The van der Waals surface area contributed by atoms with Crippen LogP contribution in [0.4, 0.5) is 24.5 Å². The van der Waals surface area contributed by atoms with Crippen LogP contribution in [0.15, 0.2) is 108 Å². The van der Waals surface area contributed by atoms with Crippen molar-refractivity contribution in [3.63, 3.8) is 0 Å². The molecular formula is C34H29ClF3N3O3S. The van der Waals surface area contributed by atoms with E-state index in [0.29, 0.717) is 28.1 Å². The van der Waals surface area contributed by atoms with E-state index in [1.165, 1.54) is 6.07 Å². The molecule has 0 saturated heterocycles. The van der Waals surface area contributed by atoms with Crippen molar-refractivity contribution < 1.29 is 27.6 Å². The van der Waals surface area contributed by atoms with Crippen LogP contribution in [0.2, 0.25) is 5.02 Å². The van der Waals surface area contributed by atoms with E-state index in [1.807, 2.05) is 31.2 Å². The van der Waals surface area contributed by atoms with E-state index < -0.39 is 34.7 Å². The minimum Gasteiger partial charge on any atom is -0.325 e. The van der Waals surface area contributed by atoms with Crippen molar-refractivity contribution in [2.75, 3.05) is 10.6 Å². The second-order valence-electron chi connectivity index (χ2n) is 9.97. The van der Waals surface area contributed by atoms with E-state index in [2.05, 4.69) is 16.0 Å². The van der Waals surface area contributed by atoms with Gasteiger partial charge in [-0.3, -0.25) is 14.4 Å². The van der Waals surface area contributed by atoms with Gasteiger partial charge in [-0.2, -0.15) is 13.2 Å². The summed E-state index contributed by atoms with van der Waals surface area (Å²) in [6.45, 7) is 3.66. The molecule has 0 fully saturated rings. The number of thioether (sulfide) groups is 1. The van der Waals surface area contributed by atoms with Crippen molar-refractivity contribution in [2.45, 2.75) is 36.6 Å². The molecule has 0 aliphatic heterocycles. The Morgan fingerprint density at radius 2 is 1.62 bits per heavy atom. The van der Waals surface area contributed by atoms with Crippen molar-refractivity contribution in [3.05, 3.63) is 130 Å². The molecule has 6 nitrogen and oxygen atoms in total. The number of anilines is 2. The molecule has 0 radical (unpaired) electrons. The van der Waals surface area contributed by atoms with Crippen LogP contribution < -0.4 is 16.0 Å². The third-order valence-electron chi connectivity index (χ3n) is 6.46. The summed E-state index contributed by atoms with van der Waals surface area (Å²) in [5.74, 6) is -1.65. The maximum Gasteiger partial charge on any atom is 0.418 e. The van der Waals surface area contributed by atoms with E-state index in [4.69, 9.17) is 11.6 Å². The van der Waals surface area contributed by atoms with Gasteiger partial charge in [0.05, 0.1) is 16.5 Å². The van der Waals surface area contributed by atoms with Gasteiger partial charge < -0.3 is 16.0 Å². The zero-order valence-corrected chi connectivity index (χ0v) is 25.8. The number of carbonyl (C=O) groups excluding carboxylic acids is 3. The van der Waals surface area contributed by atoms with Crippen LogP contribution >= 0.6 is 23.4 Å². The summed E-state index contributed by atoms with van der Waals surface area (Å²) < 4.78 is 40.6. The highest BCUT2D eigenvalue weighted by Gasteiger charge is 2.34. The first-order valence-electron chi connectivity index (χ1n) is 13.8. The van der Waals surface area contributed by atoms with Crippen LogP contribution in [-0.4, -0.2) is 23.0 Å². The quantitative estimate of drug-likeness (QED) is 0.118. The molecule has 4 aromatic rings. The molecule has 1 atom stereocenters. The molecule has 0 saturated carbocycles. The average molecular weight is 652 g/mol. The largest absolute Gasteiger partial charge is 0.418 e. The fraction of sp³-hybridized carbons (Fsp3) is 0.147. The highest BCUT2D eigenvalue weighted by molar-refractivity contribution is 8.00. The maximum absolute atomic E-state index is 13.5. The fourth-order valence-electron chi connectivity index (χ4n) is 4.27. The van der Waals surface area contributed by atoms with Gasteiger partial charge in [0.1, 0.15) is 5.70 Å². The number of aryl methyl sites for hydroxylation is 1. The molecule has 1 unspecified atom stereocenters. The fourth-order valence-corrected chi connectivity index (χ4v) is 5.46. The van der Waals surface area contributed by atoms with Gasteiger partial charge in [0.15, 0.2) is 0 Å². The number of halogens is 4. The lowest BCUT2D eigenvalue weighted by atomic mass is 10.1. The summed E-state index contributed by atoms with van der Waals surface area (Å²) in [6.07, 6.45) is -2.82. The topological polar surface area (TPSA) is 87.3 Å². The van der Waals surface area contributed by atoms with Gasteiger partial charge in [-0.25, -0.2) is 0 Å². The summed E-state index contributed by atoms with van der Waals surface area (Å²) in [7, 11) is 0. The number of benzene rings is 4. The zero-order chi connectivity index (χ0) is 32.6. The van der Waals surface area contributed by atoms with Gasteiger partial charge in [-0.1, -0.05) is 72.6 Å². The molecule has 11 heteroatoms. The number of nitrogens with one attached hydrogen (secondary N) is 3. The Bertz CT molecular complexity index is 1730. The summed E-state index contributed by atoms with van der Waals surface area (Å²) in [4.78, 5) is 40.0. The monoisotopic (exact) mass is 651 g/mol. The molecular weight excluding hydrogens is 623 g/mol. The zero-order valence-electron chi connectivity index (χ0n) is 24.2. The van der Waals surface area contributed by atoms with Crippen molar-refractivity contribution in [1.82, 2.24) is 5.32 Å². The Labute approximate surface area is 268 Å². The molecule has 4 aromatic carbocycles. The third kappa shape index (κ3) is 9.47. The Kier molecular flexibility index (Phi) is 11.1. The van der Waals surface area contributed by atoms with E-state index in [-0.39, 0.29) is 16.4 Å². The van der Waals surface area contributed by atoms with Crippen LogP contribution in [0.5, 0.6) is 0 Å². The number of alkyl halides is 3. The molecule has 3 N–H and O–H groups in total. The standard InChI is InChI=1S/C34H29ClF3N3O3S/c1-3-30(33(44)40-28-16-15-24(35)19-27(28)34(36,37)38)45-26-14-8-13-25(20-26)39-32(43)29(18-22-10-7-9-21(2)17-22)41-31(42)23-11-5-4-6-12-23/h4-20,30H,3H2,1-2H3,(H,39,43)(H,40,44)(H,41,42)/b29-18+. The second-order valence-corrected chi connectivity index (χ2v) is 11.7. The van der Waals surface area contributed by atoms with Crippen LogP contribution in [0.25, 0.3) is 6.08 Å². The van der Waals surface area contributed by atoms with E-state index in [0.717, 1.165) is 29.5 Å². The van der Waals surface area contributed by atoms with Crippen molar-refractivity contribution in [2.24, 2.45) is 0 Å². The molecule has 0 bridgehead atoms. The highest BCUT2D eigenvalue weighted by atomic mass is 35.5. The Morgan fingerprint density at radius 1 is 0.889 bits per heavy atom. The normalized spacial score (nSPS) is 12.3. The lowest BCUT2D eigenvalue weighted by Crippen LogP contribution is -2.30. The summed E-state index contributed by atoms with van der Waals surface area (Å²) >= 11 is 6.89. The lowest BCUT2D eigenvalue weighted by molar-refractivity contribution is -0.137. The van der Waals surface area contributed by atoms with Gasteiger partial charge in [-0.15, -0.1) is 11.8 Å². The number of hydrogen-bond donors (Lipinski definition) is 3. The molecule has 0 aliphatic rings. The minimum atomic E-state index is -4.71. The van der Waals surface area contributed by atoms with Crippen LogP contribution in [0.1, 0.15) is 40.4 Å². The Hall–Kier alpha value is -4.54. The summed E-state index contributed by atoms with van der Waals surface area (Å²) in [5.41, 5.74) is 1.04. The third-order valence-corrected chi connectivity index (χ3v) is 8.05. The van der Waals surface area contributed by atoms with Crippen molar-refractivity contribution in [1.29, 1.82) is 0 Å². The number of carbonyl (C=O) groups is 3. The van der Waals surface area contributed by atoms with Gasteiger partial charge in [0.2, 0.25) is 5.91 Å². The van der Waals surface area contributed by atoms with Crippen molar-refractivity contribution in [3.8, 4) is 0 Å². The smallest absolute Gasteiger partial charge is 0.325 e. The first kappa shape index (κ1) is 33.4. The summed E-state index contributed by atoms with van der Waals surface area (Å²) in [5, 5.41) is 7.03. The molecule has 0 spiro atoms. The molecule has 0 aromatic heterocycles. The van der Waals surface area contributed by atoms with Gasteiger partial charge in [0.25, 0.3) is 11.8 Å². The number of rotatable bonds is 10. The predicted molar refractivity (Wildman–Crippen MR) is 173 cm³/mol. The van der Waals surface area contributed by atoms with E-state index in [1.54, 1.807) is 67.6 Å². The first-order valence-corrected chi connectivity index (χ1v) is 15.1. The highest BCUT2D eigenvalue weighted by Crippen LogP contribution is 2.37. The molecule has 0 aliphatic carbocycles. The van der Waals surface area contributed by atoms with Gasteiger partial charge in [0, 0.05) is 21.2 Å². The Morgan fingerprint density at radius 3 is 2.31 bits per heavy atom. The number of amides is 3. The SMILES string of the molecule is CCC(Sc1cccc(NC(=O)/C(=C\c2cccc(C)c2)NC(=O)c2ccccc2)c1)C(=O)Nc1ccc(Cl)cc1C(F)(F)F. The van der Waals surface area contributed by atoms with Gasteiger partial charge >= 0.3 is 6.18 Å². The average Bonchev–Trinajstić information content (AvgIpc) is 3.00. The van der Waals surface area contributed by atoms with Crippen LogP contribution in [0, 0.1) is 6.92 Å². The molecule has 3 amide bonds. The maximum atomic E-state index is 13.5. The second kappa shape index (κ2) is 15.0. The van der Waals surface area contributed by atoms with E-state index >= 15 is 0 Å². The lowest BCUT2D eigenvalue weighted by Gasteiger charge is -2.18. The molecule has 4 rings (SSSR count). The van der Waals surface area contributed by atoms with E-state index in [9.17, 15) is 27.6 Å². The number of hydrogen-bond acceptors (Lipinski definition) is 4. The predicted octanol–water partition coefficient (Wildman–Crippen LogP) is 8.59. The molecule has 45 heavy (non-hydrogen) atoms. The molecule has 232 valence electrons. The minimum absolute atomic E-state index is 0.0155. The Balaban J connectivity index is 1.51.